The van der Waals surface area contributed by atoms with Gasteiger partial charge in [0.2, 0.25) is 0 Å². The molecule has 0 radical (unpaired) electrons. The Labute approximate surface area is 117 Å². The van der Waals surface area contributed by atoms with Crippen molar-refractivity contribution in [2.75, 3.05) is 19.8 Å². The Bertz CT molecular complexity index is 459. The van der Waals surface area contributed by atoms with E-state index in [9.17, 15) is 14.9 Å². The minimum absolute atomic E-state index is 0.0899. The fraction of sp³-hybridized carbons (Fsp3) is 0.500. The zero-order chi connectivity index (χ0) is 15.0. The molecule has 110 valence electrons. The summed E-state index contributed by atoms with van der Waals surface area (Å²) in [5.41, 5.74) is 0.184. The molecule has 1 rings (SSSR count). The second-order valence-electron chi connectivity index (χ2n) is 4.75. The molecule has 0 aliphatic rings. The predicted molar refractivity (Wildman–Crippen MR) is 74.3 cm³/mol. The molecular formula is C14H19NO5. The number of hydrogen-bond donors (Lipinski definition) is 0. The van der Waals surface area contributed by atoms with Crippen molar-refractivity contribution in [1.82, 2.24) is 0 Å². The van der Waals surface area contributed by atoms with Gasteiger partial charge in [0.05, 0.1) is 11.5 Å². The Balaban J connectivity index is 2.49. The molecule has 0 aromatic heterocycles. The van der Waals surface area contributed by atoms with Gasteiger partial charge in [-0.05, 0) is 24.5 Å². The van der Waals surface area contributed by atoms with E-state index in [0.29, 0.717) is 31.0 Å². The average Bonchev–Trinajstić information content (AvgIpc) is 2.41. The van der Waals surface area contributed by atoms with Gasteiger partial charge in [0.1, 0.15) is 12.9 Å². The molecule has 0 N–H and O–H groups in total. The number of rotatable bonds is 9. The normalized spacial score (nSPS) is 10.6. The molecule has 1 aromatic carbocycles. The van der Waals surface area contributed by atoms with Crippen LogP contribution in [0.25, 0.3) is 0 Å². The molecule has 6 nitrogen and oxygen atoms in total. The van der Waals surface area contributed by atoms with Crippen molar-refractivity contribution in [2.45, 2.75) is 20.3 Å². The van der Waals surface area contributed by atoms with E-state index in [0.717, 1.165) is 6.42 Å². The summed E-state index contributed by atoms with van der Waals surface area (Å²) >= 11 is 0. The third kappa shape index (κ3) is 5.36. The van der Waals surface area contributed by atoms with Gasteiger partial charge in [-0.3, -0.25) is 14.9 Å². The first-order chi connectivity index (χ1) is 9.54. The molecule has 0 atom stereocenters. The highest BCUT2D eigenvalue weighted by Crippen LogP contribution is 2.27. The molecular weight excluding hydrogens is 262 g/mol. The van der Waals surface area contributed by atoms with Crippen LogP contribution in [0.5, 0.6) is 5.75 Å². The number of aldehydes is 1. The summed E-state index contributed by atoms with van der Waals surface area (Å²) in [7, 11) is 0. The molecule has 0 aliphatic heterocycles. The molecule has 0 aliphatic carbocycles. The van der Waals surface area contributed by atoms with Crippen molar-refractivity contribution in [3.8, 4) is 5.75 Å². The minimum Gasteiger partial charge on any atom is -0.484 e. The molecule has 20 heavy (non-hydrogen) atoms. The largest absolute Gasteiger partial charge is 0.484 e. The maximum Gasteiger partial charge on any atom is 0.310 e. The van der Waals surface area contributed by atoms with E-state index >= 15 is 0 Å². The van der Waals surface area contributed by atoms with E-state index in [2.05, 4.69) is 13.8 Å². The number of hydrogen-bond acceptors (Lipinski definition) is 5. The molecule has 0 spiro atoms. The number of benzene rings is 1. The third-order valence-electron chi connectivity index (χ3n) is 2.64. The maximum absolute atomic E-state index is 10.8. The second kappa shape index (κ2) is 8.27. The number of nitro groups is 1. The number of carbonyl (C=O) groups is 1. The number of ether oxygens (including phenoxy) is 2. The van der Waals surface area contributed by atoms with Crippen molar-refractivity contribution in [3.05, 3.63) is 33.9 Å². The van der Waals surface area contributed by atoms with Crippen LogP contribution in [-0.2, 0) is 4.74 Å². The van der Waals surface area contributed by atoms with Crippen LogP contribution >= 0.6 is 0 Å². The minimum atomic E-state index is -0.538. The van der Waals surface area contributed by atoms with Crippen molar-refractivity contribution in [2.24, 2.45) is 5.92 Å². The zero-order valence-corrected chi connectivity index (χ0v) is 11.7. The highest BCUT2D eigenvalue weighted by molar-refractivity contribution is 5.76. The van der Waals surface area contributed by atoms with Crippen LogP contribution in [0.1, 0.15) is 30.6 Å². The molecule has 0 amide bonds. The number of nitrogens with zero attached hydrogens (tertiary/aromatic N) is 1. The van der Waals surface area contributed by atoms with Crippen molar-refractivity contribution < 1.29 is 19.2 Å². The van der Waals surface area contributed by atoms with Gasteiger partial charge < -0.3 is 9.47 Å². The molecule has 0 fully saturated rings. The molecule has 1 aromatic rings. The molecule has 0 heterocycles. The average molecular weight is 281 g/mol. The van der Waals surface area contributed by atoms with E-state index in [1.807, 2.05) is 0 Å². The van der Waals surface area contributed by atoms with Gasteiger partial charge >= 0.3 is 5.69 Å². The number of carbonyl (C=O) groups excluding carboxylic acids is 1. The third-order valence-corrected chi connectivity index (χ3v) is 2.64. The van der Waals surface area contributed by atoms with Crippen molar-refractivity contribution in [1.29, 1.82) is 0 Å². The lowest BCUT2D eigenvalue weighted by atomic mass is 10.1. The van der Waals surface area contributed by atoms with Crippen LogP contribution in [0.2, 0.25) is 0 Å². The summed E-state index contributed by atoms with van der Waals surface area (Å²) in [5, 5.41) is 10.8. The molecule has 0 saturated heterocycles. The Hall–Kier alpha value is -1.95. The quantitative estimate of drug-likeness (QED) is 0.301. The SMILES string of the molecule is CC(C)CCOCCOc1cc(C=O)ccc1[N+](=O)[O-]. The zero-order valence-electron chi connectivity index (χ0n) is 11.7. The van der Waals surface area contributed by atoms with Crippen LogP contribution in [-0.4, -0.2) is 31.0 Å². The fourth-order valence-electron chi connectivity index (χ4n) is 1.50. The topological polar surface area (TPSA) is 78.7 Å². The summed E-state index contributed by atoms with van der Waals surface area (Å²) in [6.07, 6.45) is 1.58. The Morgan fingerprint density at radius 3 is 2.65 bits per heavy atom. The van der Waals surface area contributed by atoms with Gasteiger partial charge in [0.15, 0.2) is 5.75 Å². The predicted octanol–water partition coefficient (Wildman–Crippen LogP) is 2.85. The van der Waals surface area contributed by atoms with Crippen molar-refractivity contribution >= 4 is 12.0 Å². The Kier molecular flexibility index (Phi) is 6.66. The summed E-state index contributed by atoms with van der Waals surface area (Å²) in [5.74, 6) is 0.660. The lowest BCUT2D eigenvalue weighted by Crippen LogP contribution is -2.09. The van der Waals surface area contributed by atoms with E-state index in [1.54, 1.807) is 0 Å². The molecule has 0 unspecified atom stereocenters. The molecule has 0 bridgehead atoms. The van der Waals surface area contributed by atoms with E-state index in [-0.39, 0.29) is 18.0 Å². The Morgan fingerprint density at radius 1 is 1.30 bits per heavy atom. The van der Waals surface area contributed by atoms with Gasteiger partial charge in [-0.1, -0.05) is 13.8 Å². The molecule has 0 saturated carbocycles. The highest BCUT2D eigenvalue weighted by atomic mass is 16.6. The van der Waals surface area contributed by atoms with E-state index in [1.165, 1.54) is 18.2 Å². The number of nitro benzene ring substituents is 1. The Morgan fingerprint density at radius 2 is 2.05 bits per heavy atom. The van der Waals surface area contributed by atoms with Crippen molar-refractivity contribution in [3.63, 3.8) is 0 Å². The summed E-state index contributed by atoms with van der Waals surface area (Å²) in [6.45, 7) is 5.41. The van der Waals surface area contributed by atoms with Gasteiger partial charge in [0, 0.05) is 18.2 Å². The van der Waals surface area contributed by atoms with Gasteiger partial charge in [-0.2, -0.15) is 0 Å². The van der Waals surface area contributed by atoms with Crippen LogP contribution in [0.4, 0.5) is 5.69 Å². The monoisotopic (exact) mass is 281 g/mol. The second-order valence-corrected chi connectivity index (χ2v) is 4.75. The first-order valence-corrected chi connectivity index (χ1v) is 6.48. The van der Waals surface area contributed by atoms with Crippen LogP contribution < -0.4 is 4.74 Å². The lowest BCUT2D eigenvalue weighted by Gasteiger charge is -2.09. The van der Waals surface area contributed by atoms with Gasteiger partial charge in [0.25, 0.3) is 0 Å². The first kappa shape index (κ1) is 16.1. The summed E-state index contributed by atoms with van der Waals surface area (Å²) in [6, 6.07) is 4.01. The summed E-state index contributed by atoms with van der Waals surface area (Å²) < 4.78 is 10.7. The van der Waals surface area contributed by atoms with E-state index < -0.39 is 4.92 Å². The van der Waals surface area contributed by atoms with Gasteiger partial charge in [-0.15, -0.1) is 0 Å². The maximum atomic E-state index is 10.8. The lowest BCUT2D eigenvalue weighted by molar-refractivity contribution is -0.385. The van der Waals surface area contributed by atoms with Crippen LogP contribution in [0.15, 0.2) is 18.2 Å². The van der Waals surface area contributed by atoms with Gasteiger partial charge in [-0.25, -0.2) is 0 Å². The fourth-order valence-corrected chi connectivity index (χ4v) is 1.50. The first-order valence-electron chi connectivity index (χ1n) is 6.48. The van der Waals surface area contributed by atoms with E-state index in [4.69, 9.17) is 9.47 Å². The smallest absolute Gasteiger partial charge is 0.310 e. The van der Waals surface area contributed by atoms with Crippen LogP contribution in [0, 0.1) is 16.0 Å². The highest BCUT2D eigenvalue weighted by Gasteiger charge is 2.15. The van der Waals surface area contributed by atoms with Crippen LogP contribution in [0.3, 0.4) is 0 Å². The molecule has 6 heteroatoms. The summed E-state index contributed by atoms with van der Waals surface area (Å²) in [4.78, 5) is 21.0. The standard InChI is InChI=1S/C14H19NO5/c1-11(2)5-6-19-7-8-20-14-9-12(10-16)3-4-13(14)15(17)18/h3-4,9-11H,5-8H2,1-2H3.